The third kappa shape index (κ3) is 5.65. The molecule has 7 heteroatoms. The lowest BCUT2D eigenvalue weighted by Crippen LogP contribution is -2.24. The van der Waals surface area contributed by atoms with Crippen LogP contribution in [0.5, 0.6) is 5.75 Å². The summed E-state index contributed by atoms with van der Waals surface area (Å²) < 4.78 is 11.6. The molecule has 24 heavy (non-hydrogen) atoms. The molecule has 0 atom stereocenters. The third-order valence-corrected chi connectivity index (χ3v) is 4.17. The van der Waals surface area contributed by atoms with Crippen LogP contribution in [0.1, 0.15) is 5.56 Å². The maximum absolute atomic E-state index is 11.9. The Labute approximate surface area is 156 Å². The highest BCUT2D eigenvalue weighted by Gasteiger charge is 2.12. The zero-order valence-corrected chi connectivity index (χ0v) is 16.0. The van der Waals surface area contributed by atoms with Crippen molar-refractivity contribution in [2.24, 2.45) is 0 Å². The smallest absolute Gasteiger partial charge is 0.344 e. The monoisotopic (exact) mass is 455 g/mol. The predicted octanol–water partition coefficient (Wildman–Crippen LogP) is 4.08. The number of anilines is 1. The summed E-state index contributed by atoms with van der Waals surface area (Å²) in [5.74, 6) is -0.490. The Morgan fingerprint density at radius 2 is 1.67 bits per heavy atom. The van der Waals surface area contributed by atoms with E-state index in [0.29, 0.717) is 11.4 Å². The number of esters is 1. The Bertz CT molecular complexity index is 712. The zero-order chi connectivity index (χ0) is 17.5. The second-order valence-electron chi connectivity index (χ2n) is 4.91. The molecule has 0 aliphatic carbocycles. The lowest BCUT2D eigenvalue weighted by Gasteiger charge is -2.11. The number of nitrogens with one attached hydrogen (secondary N) is 1. The number of hydrogen-bond donors (Lipinski definition) is 1. The van der Waals surface area contributed by atoms with Gasteiger partial charge in [-0.25, -0.2) is 4.79 Å². The Hall–Kier alpha value is -1.86. The molecular weight excluding hydrogens is 442 g/mol. The molecule has 2 rings (SSSR count). The van der Waals surface area contributed by atoms with Gasteiger partial charge in [-0.2, -0.15) is 0 Å². The van der Waals surface area contributed by atoms with Crippen molar-refractivity contribution in [3.8, 4) is 5.75 Å². The van der Waals surface area contributed by atoms with E-state index in [4.69, 9.17) is 9.47 Å². The molecule has 0 saturated carbocycles. The summed E-state index contributed by atoms with van der Waals surface area (Å²) in [6.07, 6.45) is 0. The van der Waals surface area contributed by atoms with Crippen molar-refractivity contribution in [2.75, 3.05) is 18.5 Å². The topological polar surface area (TPSA) is 64.6 Å². The fourth-order valence-electron chi connectivity index (χ4n) is 1.84. The minimum absolute atomic E-state index is 0.255. The molecule has 0 heterocycles. The number of carbonyl (C=O) groups excluding carboxylic acids is 2. The molecule has 2 aromatic carbocycles. The maximum Gasteiger partial charge on any atom is 0.344 e. The van der Waals surface area contributed by atoms with Crippen LogP contribution in [-0.4, -0.2) is 25.1 Å². The highest BCUT2D eigenvalue weighted by molar-refractivity contribution is 9.11. The molecule has 0 aliphatic rings. The standard InChI is InChI=1S/C17H15Br2NO4/c1-11-7-13(18)17(14(19)8-11)20-15(21)9-24-16(22)10-23-12-5-3-2-4-6-12/h2-8H,9-10H2,1H3,(H,20,21). The molecule has 1 amide bonds. The number of para-hydroxylation sites is 1. The number of benzene rings is 2. The van der Waals surface area contributed by atoms with Crippen LogP contribution >= 0.6 is 31.9 Å². The molecule has 5 nitrogen and oxygen atoms in total. The van der Waals surface area contributed by atoms with E-state index < -0.39 is 11.9 Å². The Kier molecular flexibility index (Phi) is 6.81. The highest BCUT2D eigenvalue weighted by Crippen LogP contribution is 2.32. The second kappa shape index (κ2) is 8.84. The van der Waals surface area contributed by atoms with Gasteiger partial charge in [-0.05, 0) is 68.6 Å². The second-order valence-corrected chi connectivity index (χ2v) is 6.62. The van der Waals surface area contributed by atoms with Gasteiger partial charge in [0.15, 0.2) is 13.2 Å². The van der Waals surface area contributed by atoms with Crippen LogP contribution in [-0.2, 0) is 14.3 Å². The van der Waals surface area contributed by atoms with E-state index in [9.17, 15) is 9.59 Å². The Balaban J connectivity index is 1.80. The molecule has 126 valence electrons. The summed E-state index contributed by atoms with van der Waals surface area (Å²) in [5.41, 5.74) is 1.62. The van der Waals surface area contributed by atoms with Crippen LogP contribution in [0.25, 0.3) is 0 Å². The average Bonchev–Trinajstić information content (AvgIpc) is 2.55. The average molecular weight is 457 g/mol. The van der Waals surface area contributed by atoms with Crippen LogP contribution in [0, 0.1) is 6.92 Å². The number of amides is 1. The molecule has 0 aliphatic heterocycles. The SMILES string of the molecule is Cc1cc(Br)c(NC(=O)COC(=O)COc2ccccc2)c(Br)c1. The molecule has 0 bridgehead atoms. The van der Waals surface area contributed by atoms with Gasteiger partial charge in [0, 0.05) is 8.95 Å². The van der Waals surface area contributed by atoms with Crippen LogP contribution < -0.4 is 10.1 Å². The highest BCUT2D eigenvalue weighted by atomic mass is 79.9. The fraction of sp³-hybridized carbons (Fsp3) is 0.176. The first-order valence-electron chi connectivity index (χ1n) is 7.04. The first-order valence-corrected chi connectivity index (χ1v) is 8.63. The van der Waals surface area contributed by atoms with E-state index in [1.54, 1.807) is 24.3 Å². The number of rotatable bonds is 6. The summed E-state index contributed by atoms with van der Waals surface area (Å²) in [7, 11) is 0. The Morgan fingerprint density at radius 3 is 2.29 bits per heavy atom. The minimum atomic E-state index is -0.615. The summed E-state index contributed by atoms with van der Waals surface area (Å²) in [6.45, 7) is 1.30. The van der Waals surface area contributed by atoms with Crippen LogP contribution in [0.4, 0.5) is 5.69 Å². The van der Waals surface area contributed by atoms with Gasteiger partial charge in [0.05, 0.1) is 5.69 Å². The molecule has 0 spiro atoms. The molecule has 0 radical (unpaired) electrons. The van der Waals surface area contributed by atoms with Gasteiger partial charge in [0.1, 0.15) is 5.75 Å². The number of halogens is 2. The quantitative estimate of drug-likeness (QED) is 0.665. The molecule has 1 N–H and O–H groups in total. The van der Waals surface area contributed by atoms with Gasteiger partial charge in [-0.3, -0.25) is 4.79 Å². The van der Waals surface area contributed by atoms with E-state index >= 15 is 0 Å². The Morgan fingerprint density at radius 1 is 1.04 bits per heavy atom. The molecule has 0 unspecified atom stereocenters. The van der Waals surface area contributed by atoms with Crippen molar-refractivity contribution in [2.45, 2.75) is 6.92 Å². The number of hydrogen-bond acceptors (Lipinski definition) is 4. The number of carbonyl (C=O) groups is 2. The van der Waals surface area contributed by atoms with Gasteiger partial charge in [0.2, 0.25) is 0 Å². The summed E-state index contributed by atoms with van der Waals surface area (Å²) in [5, 5.41) is 2.68. The molecule has 2 aromatic rings. The summed E-state index contributed by atoms with van der Waals surface area (Å²) in [4.78, 5) is 23.5. The minimum Gasteiger partial charge on any atom is -0.482 e. The van der Waals surface area contributed by atoms with Gasteiger partial charge >= 0.3 is 5.97 Å². The van der Waals surface area contributed by atoms with E-state index in [2.05, 4.69) is 37.2 Å². The molecule has 0 fully saturated rings. The van der Waals surface area contributed by atoms with Gasteiger partial charge in [0.25, 0.3) is 5.91 Å². The van der Waals surface area contributed by atoms with Crippen LogP contribution in [0.15, 0.2) is 51.4 Å². The first-order chi connectivity index (χ1) is 11.5. The zero-order valence-electron chi connectivity index (χ0n) is 12.8. The van der Waals surface area contributed by atoms with E-state index in [-0.39, 0.29) is 13.2 Å². The molecular formula is C17H15Br2NO4. The third-order valence-electron chi connectivity index (χ3n) is 2.92. The molecule has 0 aromatic heterocycles. The number of ether oxygens (including phenoxy) is 2. The van der Waals surface area contributed by atoms with Crippen molar-refractivity contribution in [1.82, 2.24) is 0 Å². The van der Waals surface area contributed by atoms with Crippen molar-refractivity contribution in [3.05, 3.63) is 57.0 Å². The van der Waals surface area contributed by atoms with Gasteiger partial charge in [-0.1, -0.05) is 18.2 Å². The lowest BCUT2D eigenvalue weighted by molar-refractivity contribution is -0.149. The van der Waals surface area contributed by atoms with E-state index in [0.717, 1.165) is 14.5 Å². The summed E-state index contributed by atoms with van der Waals surface area (Å²) >= 11 is 6.77. The van der Waals surface area contributed by atoms with E-state index in [1.165, 1.54) is 0 Å². The number of aryl methyl sites for hydroxylation is 1. The maximum atomic E-state index is 11.9. The summed E-state index contributed by atoms with van der Waals surface area (Å²) in [6, 6.07) is 12.6. The largest absolute Gasteiger partial charge is 0.482 e. The normalized spacial score (nSPS) is 10.1. The fourth-order valence-corrected chi connectivity index (χ4v) is 3.46. The predicted molar refractivity (Wildman–Crippen MR) is 98.1 cm³/mol. The van der Waals surface area contributed by atoms with Crippen molar-refractivity contribution in [3.63, 3.8) is 0 Å². The van der Waals surface area contributed by atoms with Crippen molar-refractivity contribution in [1.29, 1.82) is 0 Å². The van der Waals surface area contributed by atoms with Crippen molar-refractivity contribution < 1.29 is 19.1 Å². The molecule has 0 saturated heterocycles. The van der Waals surface area contributed by atoms with Crippen LogP contribution in [0.2, 0.25) is 0 Å². The van der Waals surface area contributed by atoms with Gasteiger partial charge < -0.3 is 14.8 Å². The van der Waals surface area contributed by atoms with Crippen molar-refractivity contribution >= 4 is 49.4 Å². The lowest BCUT2D eigenvalue weighted by atomic mass is 10.2. The van der Waals surface area contributed by atoms with Crippen LogP contribution in [0.3, 0.4) is 0 Å². The van der Waals surface area contributed by atoms with Gasteiger partial charge in [-0.15, -0.1) is 0 Å². The first kappa shape index (κ1) is 18.5. The van der Waals surface area contributed by atoms with E-state index in [1.807, 2.05) is 25.1 Å².